The van der Waals surface area contributed by atoms with E-state index in [1.165, 1.54) is 4.31 Å². The van der Waals surface area contributed by atoms with E-state index in [1.54, 1.807) is 0 Å². The van der Waals surface area contributed by atoms with Crippen molar-refractivity contribution in [3.63, 3.8) is 0 Å². The number of sulfonamides is 1. The maximum atomic E-state index is 12.3. The molecule has 0 radical (unpaired) electrons. The van der Waals surface area contributed by atoms with Crippen molar-refractivity contribution in [3.05, 3.63) is 35.9 Å². The molecule has 0 bridgehead atoms. The molecule has 1 N–H and O–H groups in total. The maximum Gasteiger partial charge on any atom is 0.303 e. The van der Waals surface area contributed by atoms with Gasteiger partial charge in [0, 0.05) is 19.0 Å². The molecule has 0 unspecified atom stereocenters. The standard InChI is InChI=1S/C14H21NO4S/c1-12(2)15(11-13-7-4-3-5-8-13)20(18,19)10-6-9-14(16)17/h3-5,7-8,12H,6,9-11H2,1-2H3,(H,16,17). The lowest BCUT2D eigenvalue weighted by molar-refractivity contribution is -0.137. The van der Waals surface area contributed by atoms with Crippen LogP contribution >= 0.6 is 0 Å². The van der Waals surface area contributed by atoms with Gasteiger partial charge in [-0.3, -0.25) is 4.79 Å². The zero-order valence-corrected chi connectivity index (χ0v) is 12.6. The molecule has 20 heavy (non-hydrogen) atoms. The fourth-order valence-corrected chi connectivity index (χ4v) is 3.62. The number of aliphatic carboxylic acids is 1. The van der Waals surface area contributed by atoms with Crippen molar-refractivity contribution in [2.75, 3.05) is 5.75 Å². The summed E-state index contributed by atoms with van der Waals surface area (Å²) in [4.78, 5) is 10.5. The van der Waals surface area contributed by atoms with Crippen molar-refractivity contribution in [3.8, 4) is 0 Å². The molecule has 0 aliphatic heterocycles. The van der Waals surface area contributed by atoms with E-state index in [0.29, 0.717) is 6.54 Å². The number of carboxylic acids is 1. The molecule has 0 saturated carbocycles. The molecular formula is C14H21NO4S. The summed E-state index contributed by atoms with van der Waals surface area (Å²) in [6.45, 7) is 3.95. The lowest BCUT2D eigenvalue weighted by Crippen LogP contribution is -2.38. The van der Waals surface area contributed by atoms with E-state index in [-0.39, 0.29) is 24.6 Å². The van der Waals surface area contributed by atoms with Gasteiger partial charge in [0.15, 0.2) is 0 Å². The van der Waals surface area contributed by atoms with Crippen LogP contribution < -0.4 is 0 Å². The second-order valence-corrected chi connectivity index (χ2v) is 6.98. The zero-order valence-electron chi connectivity index (χ0n) is 11.8. The molecule has 112 valence electrons. The largest absolute Gasteiger partial charge is 0.481 e. The van der Waals surface area contributed by atoms with Crippen molar-refractivity contribution in [1.29, 1.82) is 0 Å². The first-order chi connectivity index (χ1) is 9.33. The van der Waals surface area contributed by atoms with E-state index >= 15 is 0 Å². The minimum Gasteiger partial charge on any atom is -0.481 e. The molecule has 0 aromatic heterocycles. The molecule has 0 fully saturated rings. The number of benzene rings is 1. The predicted octanol–water partition coefficient (Wildman–Crippen LogP) is 2.09. The van der Waals surface area contributed by atoms with Crippen LogP contribution in [0.5, 0.6) is 0 Å². The van der Waals surface area contributed by atoms with Gasteiger partial charge in [0.1, 0.15) is 0 Å². The highest BCUT2D eigenvalue weighted by atomic mass is 32.2. The fraction of sp³-hybridized carbons (Fsp3) is 0.500. The fourth-order valence-electron chi connectivity index (χ4n) is 1.89. The smallest absolute Gasteiger partial charge is 0.303 e. The minimum atomic E-state index is -3.45. The molecule has 0 amide bonds. The number of carbonyl (C=O) groups is 1. The monoisotopic (exact) mass is 299 g/mol. The SMILES string of the molecule is CC(C)N(Cc1ccccc1)S(=O)(=O)CCCC(=O)O. The summed E-state index contributed by atoms with van der Waals surface area (Å²) < 4.78 is 26.0. The summed E-state index contributed by atoms with van der Waals surface area (Å²) >= 11 is 0. The summed E-state index contributed by atoms with van der Waals surface area (Å²) in [5.41, 5.74) is 0.919. The molecule has 1 rings (SSSR count). The van der Waals surface area contributed by atoms with E-state index < -0.39 is 16.0 Å². The first-order valence-electron chi connectivity index (χ1n) is 6.58. The Morgan fingerprint density at radius 3 is 2.35 bits per heavy atom. The van der Waals surface area contributed by atoms with Gasteiger partial charge in [0.25, 0.3) is 0 Å². The molecule has 0 aliphatic carbocycles. The second kappa shape index (κ2) is 7.40. The maximum absolute atomic E-state index is 12.3. The molecule has 0 atom stereocenters. The highest BCUT2D eigenvalue weighted by Gasteiger charge is 2.24. The molecule has 6 heteroatoms. The quantitative estimate of drug-likeness (QED) is 0.797. The third-order valence-electron chi connectivity index (χ3n) is 2.91. The number of nitrogens with zero attached hydrogens (tertiary/aromatic N) is 1. The number of hydrogen-bond donors (Lipinski definition) is 1. The van der Waals surface area contributed by atoms with Crippen molar-refractivity contribution in [2.45, 2.75) is 39.3 Å². The Morgan fingerprint density at radius 2 is 1.85 bits per heavy atom. The van der Waals surface area contributed by atoms with Crippen molar-refractivity contribution >= 4 is 16.0 Å². The summed E-state index contributed by atoms with van der Waals surface area (Å²) in [6, 6.07) is 9.20. The molecule has 5 nitrogen and oxygen atoms in total. The predicted molar refractivity (Wildman–Crippen MR) is 77.8 cm³/mol. The third-order valence-corrected chi connectivity index (χ3v) is 4.98. The van der Waals surface area contributed by atoms with Gasteiger partial charge in [-0.15, -0.1) is 0 Å². The van der Waals surface area contributed by atoms with Crippen molar-refractivity contribution in [2.24, 2.45) is 0 Å². The van der Waals surface area contributed by atoms with Gasteiger partial charge in [-0.05, 0) is 25.8 Å². The summed E-state index contributed by atoms with van der Waals surface area (Å²) in [5, 5.41) is 8.58. The first kappa shape index (κ1) is 16.7. The van der Waals surface area contributed by atoms with E-state index in [1.807, 2.05) is 44.2 Å². The van der Waals surface area contributed by atoms with E-state index in [0.717, 1.165) is 5.56 Å². The average Bonchev–Trinajstić information content (AvgIpc) is 2.36. The van der Waals surface area contributed by atoms with E-state index in [4.69, 9.17) is 5.11 Å². The molecule has 0 saturated heterocycles. The number of hydrogen-bond acceptors (Lipinski definition) is 3. The van der Waals surface area contributed by atoms with Crippen LogP contribution in [0.1, 0.15) is 32.3 Å². The molecule has 0 heterocycles. The zero-order chi connectivity index (χ0) is 15.2. The molecule has 0 spiro atoms. The van der Waals surface area contributed by atoms with E-state index in [9.17, 15) is 13.2 Å². The third kappa shape index (κ3) is 5.30. The normalized spacial score (nSPS) is 12.0. The summed E-state index contributed by atoms with van der Waals surface area (Å²) in [6.07, 6.45) is 0.00613. The number of rotatable bonds is 8. The van der Waals surface area contributed by atoms with Gasteiger partial charge in [-0.25, -0.2) is 8.42 Å². The van der Waals surface area contributed by atoms with Crippen LogP contribution in [0.4, 0.5) is 0 Å². The Balaban J connectivity index is 2.76. The van der Waals surface area contributed by atoms with Crippen LogP contribution in [0.3, 0.4) is 0 Å². The van der Waals surface area contributed by atoms with Crippen LogP contribution in [-0.2, 0) is 21.4 Å². The Morgan fingerprint density at radius 1 is 1.25 bits per heavy atom. The van der Waals surface area contributed by atoms with E-state index in [2.05, 4.69) is 0 Å². The van der Waals surface area contributed by atoms with Gasteiger partial charge in [0.2, 0.25) is 10.0 Å². The summed E-state index contributed by atoms with van der Waals surface area (Å²) in [7, 11) is -3.45. The van der Waals surface area contributed by atoms with Gasteiger partial charge in [-0.2, -0.15) is 4.31 Å². The van der Waals surface area contributed by atoms with Gasteiger partial charge < -0.3 is 5.11 Å². The molecule has 1 aromatic rings. The highest BCUT2D eigenvalue weighted by molar-refractivity contribution is 7.89. The second-order valence-electron chi connectivity index (χ2n) is 4.94. The van der Waals surface area contributed by atoms with Gasteiger partial charge in [0.05, 0.1) is 5.75 Å². The average molecular weight is 299 g/mol. The molecule has 1 aromatic carbocycles. The van der Waals surface area contributed by atoms with Crippen LogP contribution in [0.25, 0.3) is 0 Å². The lowest BCUT2D eigenvalue weighted by Gasteiger charge is -2.26. The summed E-state index contributed by atoms with van der Waals surface area (Å²) in [5.74, 6) is -1.11. The van der Waals surface area contributed by atoms with Crippen LogP contribution in [0.2, 0.25) is 0 Å². The van der Waals surface area contributed by atoms with Crippen LogP contribution in [0, 0.1) is 0 Å². The molecular weight excluding hydrogens is 278 g/mol. The van der Waals surface area contributed by atoms with Crippen LogP contribution in [0.15, 0.2) is 30.3 Å². The topological polar surface area (TPSA) is 74.7 Å². The van der Waals surface area contributed by atoms with Crippen LogP contribution in [-0.4, -0.2) is 35.6 Å². The van der Waals surface area contributed by atoms with Crippen molar-refractivity contribution in [1.82, 2.24) is 4.31 Å². The number of carboxylic acid groups (broad SMARTS) is 1. The Hall–Kier alpha value is -1.40. The Kier molecular flexibility index (Phi) is 6.16. The molecule has 0 aliphatic rings. The Bertz CT molecular complexity index is 525. The van der Waals surface area contributed by atoms with Gasteiger partial charge >= 0.3 is 5.97 Å². The minimum absolute atomic E-state index is 0.128. The first-order valence-corrected chi connectivity index (χ1v) is 8.19. The van der Waals surface area contributed by atoms with Crippen molar-refractivity contribution < 1.29 is 18.3 Å². The highest BCUT2D eigenvalue weighted by Crippen LogP contribution is 2.15. The lowest BCUT2D eigenvalue weighted by atomic mass is 10.2. The van der Waals surface area contributed by atoms with Gasteiger partial charge in [-0.1, -0.05) is 30.3 Å². The Labute approximate surface area is 120 Å².